The Morgan fingerprint density at radius 3 is 2.19 bits per heavy atom. The Kier molecular flexibility index (Phi) is 7.67. The first-order valence-electron chi connectivity index (χ1n) is 10.1. The van der Waals surface area contributed by atoms with Crippen LogP contribution in [0.25, 0.3) is 0 Å². The monoisotopic (exact) mass is 481 g/mol. The molecule has 0 unspecified atom stereocenters. The van der Waals surface area contributed by atoms with Gasteiger partial charge in [0.15, 0.2) is 0 Å². The molecule has 11 heteroatoms. The summed E-state index contributed by atoms with van der Waals surface area (Å²) in [4.78, 5) is 17.4. The van der Waals surface area contributed by atoms with Gasteiger partial charge in [-0.25, -0.2) is 21.1 Å². The average molecular weight is 482 g/mol. The highest BCUT2D eigenvalue weighted by molar-refractivity contribution is 7.89. The minimum atomic E-state index is -3.76. The van der Waals surface area contributed by atoms with Crippen molar-refractivity contribution in [1.82, 2.24) is 8.77 Å². The van der Waals surface area contributed by atoms with Crippen LogP contribution < -0.4 is 5.32 Å². The van der Waals surface area contributed by atoms with Gasteiger partial charge in [-0.2, -0.15) is 0 Å². The number of carbonyl (C=O) groups excluding carboxylic acids is 1. The number of hydrogen-bond donors (Lipinski definition) is 1. The Morgan fingerprint density at radius 1 is 1.03 bits per heavy atom. The molecule has 1 fully saturated rings. The van der Waals surface area contributed by atoms with Gasteiger partial charge in [0.25, 0.3) is 10.0 Å². The van der Waals surface area contributed by atoms with E-state index in [1.165, 1.54) is 42.7 Å². The van der Waals surface area contributed by atoms with Gasteiger partial charge in [0, 0.05) is 31.7 Å². The number of benzene rings is 2. The van der Waals surface area contributed by atoms with Gasteiger partial charge in [-0.1, -0.05) is 34.8 Å². The third-order valence-corrected chi connectivity index (χ3v) is 8.97. The smallest absolute Gasteiger partial charge is 0.264 e. The van der Waals surface area contributed by atoms with Gasteiger partial charge in [-0.3, -0.25) is 9.63 Å². The van der Waals surface area contributed by atoms with E-state index in [1.54, 1.807) is 24.3 Å². The van der Waals surface area contributed by atoms with Crippen molar-refractivity contribution >= 4 is 31.6 Å². The van der Waals surface area contributed by atoms with Crippen molar-refractivity contribution in [2.45, 2.75) is 23.5 Å². The lowest BCUT2D eigenvalue weighted by atomic mass is 9.97. The molecule has 1 aliphatic heterocycles. The lowest BCUT2D eigenvalue weighted by Gasteiger charge is -2.30. The Morgan fingerprint density at radius 2 is 1.62 bits per heavy atom. The maximum Gasteiger partial charge on any atom is 0.264 e. The van der Waals surface area contributed by atoms with E-state index in [9.17, 15) is 21.6 Å². The van der Waals surface area contributed by atoms with Crippen LogP contribution in [0.15, 0.2) is 59.5 Å². The lowest BCUT2D eigenvalue weighted by molar-refractivity contribution is -0.120. The highest BCUT2D eigenvalue weighted by Gasteiger charge is 2.31. The summed E-state index contributed by atoms with van der Waals surface area (Å²) in [5.41, 5.74) is 1.20. The summed E-state index contributed by atoms with van der Waals surface area (Å²) >= 11 is 0. The number of nitrogens with zero attached hydrogens (tertiary/aromatic N) is 2. The molecular formula is C21H27N3O6S2. The molecule has 1 amide bonds. The molecule has 174 valence electrons. The van der Waals surface area contributed by atoms with Gasteiger partial charge in [0.05, 0.1) is 17.8 Å². The summed E-state index contributed by atoms with van der Waals surface area (Å²) in [6, 6.07) is 14.8. The second-order valence-electron chi connectivity index (χ2n) is 7.53. The van der Waals surface area contributed by atoms with Gasteiger partial charge in [0.2, 0.25) is 15.9 Å². The zero-order chi connectivity index (χ0) is 23.4. The molecule has 0 aliphatic carbocycles. The van der Waals surface area contributed by atoms with Crippen LogP contribution in [0.1, 0.15) is 18.4 Å². The summed E-state index contributed by atoms with van der Waals surface area (Å²) in [6.45, 7) is 0.571. The first kappa shape index (κ1) is 24.3. The molecule has 0 aromatic heterocycles. The number of hydrogen-bond acceptors (Lipinski definition) is 6. The third kappa shape index (κ3) is 5.73. The van der Waals surface area contributed by atoms with E-state index in [1.807, 2.05) is 6.07 Å². The molecule has 9 nitrogen and oxygen atoms in total. The molecule has 1 aliphatic rings. The molecule has 0 atom stereocenters. The van der Waals surface area contributed by atoms with Crippen LogP contribution in [0, 0.1) is 5.92 Å². The molecule has 1 saturated heterocycles. The van der Waals surface area contributed by atoms with E-state index >= 15 is 0 Å². The highest BCUT2D eigenvalue weighted by Crippen LogP contribution is 2.24. The largest absolute Gasteiger partial charge is 0.326 e. The first-order chi connectivity index (χ1) is 15.1. The SMILES string of the molecule is CON(C)S(=O)(=O)c1ccc(NC(=O)C2CCN(S(=O)(=O)Cc3ccccc3)CC2)cc1. The Balaban J connectivity index is 1.55. The molecule has 2 aromatic carbocycles. The van der Waals surface area contributed by atoms with Crippen molar-refractivity contribution in [2.24, 2.45) is 5.92 Å². The highest BCUT2D eigenvalue weighted by atomic mass is 32.2. The minimum Gasteiger partial charge on any atom is -0.326 e. The van der Waals surface area contributed by atoms with Gasteiger partial charge in [-0.05, 0) is 42.7 Å². The molecule has 0 radical (unpaired) electrons. The van der Waals surface area contributed by atoms with Gasteiger partial charge in [-0.15, -0.1) is 0 Å². The minimum absolute atomic E-state index is 0.0387. The number of carbonyl (C=O) groups is 1. The number of anilines is 1. The van der Waals surface area contributed by atoms with Crippen LogP contribution in [-0.4, -0.2) is 58.8 Å². The van der Waals surface area contributed by atoms with Crippen molar-refractivity contribution < 1.29 is 26.5 Å². The topological polar surface area (TPSA) is 113 Å². The second-order valence-corrected chi connectivity index (χ2v) is 11.4. The van der Waals surface area contributed by atoms with Gasteiger partial charge in [0.1, 0.15) is 0 Å². The number of hydroxylamine groups is 1. The summed E-state index contributed by atoms with van der Waals surface area (Å²) in [5.74, 6) is -0.589. The first-order valence-corrected chi connectivity index (χ1v) is 13.1. The number of amides is 1. The van der Waals surface area contributed by atoms with E-state index in [0.717, 1.165) is 10.0 Å². The number of piperidine rings is 1. The third-order valence-electron chi connectivity index (χ3n) is 5.43. The average Bonchev–Trinajstić information content (AvgIpc) is 2.79. The van der Waals surface area contributed by atoms with Crippen molar-refractivity contribution in [2.75, 3.05) is 32.6 Å². The van der Waals surface area contributed by atoms with Gasteiger partial charge < -0.3 is 5.32 Å². The van der Waals surface area contributed by atoms with E-state index < -0.39 is 20.0 Å². The van der Waals surface area contributed by atoms with E-state index in [4.69, 9.17) is 4.84 Å². The maximum absolute atomic E-state index is 12.7. The predicted molar refractivity (Wildman–Crippen MR) is 120 cm³/mol. The van der Waals surface area contributed by atoms with E-state index in [2.05, 4.69) is 5.32 Å². The summed E-state index contributed by atoms with van der Waals surface area (Å²) in [7, 11) is -4.66. The Bertz CT molecular complexity index is 1130. The van der Waals surface area contributed by atoms with E-state index in [-0.39, 0.29) is 35.6 Å². The van der Waals surface area contributed by atoms with Crippen molar-refractivity contribution in [3.05, 3.63) is 60.2 Å². The van der Waals surface area contributed by atoms with Crippen LogP contribution in [0.5, 0.6) is 0 Å². The Hall–Kier alpha value is -2.31. The fraction of sp³-hybridized carbons (Fsp3) is 0.381. The van der Waals surface area contributed by atoms with Crippen LogP contribution in [0.2, 0.25) is 0 Å². The van der Waals surface area contributed by atoms with Gasteiger partial charge >= 0.3 is 0 Å². The van der Waals surface area contributed by atoms with Crippen LogP contribution in [0.3, 0.4) is 0 Å². The molecule has 3 rings (SSSR count). The molecule has 2 aromatic rings. The zero-order valence-corrected chi connectivity index (χ0v) is 19.6. The number of rotatable bonds is 8. The van der Waals surface area contributed by atoms with Crippen LogP contribution in [-0.2, 0) is 35.4 Å². The quantitative estimate of drug-likeness (QED) is 0.578. The molecule has 0 bridgehead atoms. The van der Waals surface area contributed by atoms with Crippen molar-refractivity contribution in [3.8, 4) is 0 Å². The zero-order valence-electron chi connectivity index (χ0n) is 18.0. The van der Waals surface area contributed by atoms with Crippen LogP contribution >= 0.6 is 0 Å². The molecule has 0 spiro atoms. The summed E-state index contributed by atoms with van der Waals surface area (Å²) in [5, 5.41) is 2.78. The molecule has 1 heterocycles. The van der Waals surface area contributed by atoms with Crippen molar-refractivity contribution in [1.29, 1.82) is 0 Å². The fourth-order valence-corrected chi connectivity index (χ4v) is 6.01. The molecule has 32 heavy (non-hydrogen) atoms. The van der Waals surface area contributed by atoms with E-state index in [0.29, 0.717) is 18.5 Å². The summed E-state index contributed by atoms with van der Waals surface area (Å²) < 4.78 is 52.0. The molecule has 0 saturated carbocycles. The normalized spacial score (nSPS) is 16.2. The fourth-order valence-electron chi connectivity index (χ4n) is 3.47. The molecule has 1 N–H and O–H groups in total. The summed E-state index contributed by atoms with van der Waals surface area (Å²) in [6.07, 6.45) is 0.843. The standard InChI is InChI=1S/C21H27N3O6S2/c1-23(30-2)32(28,29)20-10-8-19(9-11-20)22-21(25)18-12-14-24(15-13-18)31(26,27)16-17-6-4-3-5-7-17/h3-11,18H,12-16H2,1-2H3,(H,22,25). The van der Waals surface area contributed by atoms with Crippen LogP contribution in [0.4, 0.5) is 5.69 Å². The predicted octanol–water partition coefficient (Wildman–Crippen LogP) is 2.05. The second kappa shape index (κ2) is 10.1. The molecular weight excluding hydrogens is 454 g/mol. The Labute approximate surface area is 189 Å². The van der Waals surface area contributed by atoms with Crippen molar-refractivity contribution in [3.63, 3.8) is 0 Å². The maximum atomic E-state index is 12.7. The lowest BCUT2D eigenvalue weighted by Crippen LogP contribution is -2.41. The number of sulfonamides is 2. The number of nitrogens with one attached hydrogen (secondary N) is 1.